The number of benzene rings is 2. The number of aromatic hydroxyl groups is 1. The second-order valence-electron chi connectivity index (χ2n) is 5.15. The summed E-state index contributed by atoms with van der Waals surface area (Å²) in [6, 6.07) is 9.87. The molecule has 3 aromatic rings. The second kappa shape index (κ2) is 6.22. The van der Waals surface area contributed by atoms with Crippen molar-refractivity contribution in [3.05, 3.63) is 53.9 Å². The van der Waals surface area contributed by atoms with Gasteiger partial charge in [-0.05, 0) is 29.8 Å². The van der Waals surface area contributed by atoms with Gasteiger partial charge in [-0.15, -0.1) is 0 Å². The van der Waals surface area contributed by atoms with E-state index in [2.05, 4.69) is 4.98 Å². The predicted octanol–water partition coefficient (Wildman–Crippen LogP) is 0.237. The van der Waals surface area contributed by atoms with Crippen LogP contribution in [-0.4, -0.2) is 37.9 Å². The Morgan fingerprint density at radius 3 is 2.54 bits per heavy atom. The van der Waals surface area contributed by atoms with Crippen LogP contribution in [0.15, 0.2) is 42.7 Å². The van der Waals surface area contributed by atoms with Gasteiger partial charge in [-0.25, -0.2) is 4.98 Å². The highest BCUT2D eigenvalue weighted by atomic mass is 16.6. The van der Waals surface area contributed by atoms with E-state index in [-0.39, 0.29) is 11.3 Å². The van der Waals surface area contributed by atoms with E-state index in [0.717, 1.165) is 5.56 Å². The van der Waals surface area contributed by atoms with Gasteiger partial charge in [0.2, 0.25) is 0 Å². The molecule has 122 valence electrons. The fraction of sp³-hybridized carbons (Fsp3) is 0.0667. The van der Waals surface area contributed by atoms with E-state index in [1.807, 2.05) is 0 Å². The monoisotopic (exact) mass is 327 g/mol. The van der Waals surface area contributed by atoms with Crippen molar-refractivity contribution >= 4 is 24.3 Å². The molecule has 2 aromatic carbocycles. The average molecular weight is 327 g/mol. The molecule has 1 heterocycles. The molecule has 8 nitrogen and oxygen atoms in total. The highest BCUT2D eigenvalue weighted by Gasteiger charge is 2.15. The molecule has 9 heteroatoms. The Bertz CT molecular complexity index is 892. The smallest absolute Gasteiger partial charge is 0.512 e. The third-order valence-electron chi connectivity index (χ3n) is 3.55. The number of aromatic nitrogens is 2. The number of imidazole rings is 1. The third kappa shape index (κ3) is 3.03. The minimum Gasteiger partial charge on any atom is -0.512 e. The Morgan fingerprint density at radius 2 is 1.92 bits per heavy atom. The minimum absolute atomic E-state index is 0.0248. The van der Waals surface area contributed by atoms with Crippen LogP contribution in [0, 0.1) is 0 Å². The Hall–Kier alpha value is -3.04. The number of amides is 1. The molecule has 0 aliphatic heterocycles. The van der Waals surface area contributed by atoms with Crippen LogP contribution in [0.3, 0.4) is 0 Å². The lowest BCUT2D eigenvalue weighted by Crippen LogP contribution is -2.20. The molecule has 1 aromatic heterocycles. The number of rotatable bonds is 5. The Balaban J connectivity index is 1.88. The number of primary amides is 1. The molecule has 0 radical (unpaired) electrons. The van der Waals surface area contributed by atoms with Gasteiger partial charge in [-0.2, -0.15) is 0 Å². The summed E-state index contributed by atoms with van der Waals surface area (Å²) >= 11 is 0. The maximum absolute atomic E-state index is 11.3. The van der Waals surface area contributed by atoms with Crippen LogP contribution >= 0.6 is 0 Å². The third-order valence-corrected chi connectivity index (χ3v) is 3.55. The van der Waals surface area contributed by atoms with E-state index in [9.17, 15) is 9.90 Å². The lowest BCUT2D eigenvalue weighted by molar-refractivity contribution is 0.0998. The minimum atomic E-state index is -1.86. The van der Waals surface area contributed by atoms with Crippen molar-refractivity contribution in [3.63, 3.8) is 0 Å². The molecule has 0 atom stereocenters. The summed E-state index contributed by atoms with van der Waals surface area (Å²) < 4.78 is 6.54. The van der Waals surface area contributed by atoms with Crippen molar-refractivity contribution in [2.24, 2.45) is 5.73 Å². The maximum atomic E-state index is 11.3. The maximum Gasteiger partial charge on any atom is 0.707 e. The number of hydrogen-bond donors (Lipinski definition) is 4. The Kier molecular flexibility index (Phi) is 4.11. The van der Waals surface area contributed by atoms with Gasteiger partial charge in [0.1, 0.15) is 11.3 Å². The Labute approximate surface area is 136 Å². The van der Waals surface area contributed by atoms with E-state index in [4.69, 9.17) is 20.4 Å². The van der Waals surface area contributed by atoms with Gasteiger partial charge < -0.3 is 30.1 Å². The zero-order chi connectivity index (χ0) is 17.3. The highest BCUT2D eigenvalue weighted by molar-refractivity contribution is 6.33. The molecule has 24 heavy (non-hydrogen) atoms. The van der Waals surface area contributed by atoms with Gasteiger partial charge in [-0.3, -0.25) is 4.79 Å². The van der Waals surface area contributed by atoms with E-state index in [1.165, 1.54) is 6.07 Å². The number of phenols is 1. The standard InChI is InChI=1S/C15H14BN3O5/c17-15(21)11-5-6-12-13(14(11)20)18-8-19(12)7-9-1-3-10(4-2-9)24-16(22)23/h1-6,8,20,22-23H,7H2,(H2,17,21). The highest BCUT2D eigenvalue weighted by Crippen LogP contribution is 2.27. The van der Waals surface area contributed by atoms with Crippen LogP contribution in [-0.2, 0) is 6.54 Å². The fourth-order valence-electron chi connectivity index (χ4n) is 2.43. The van der Waals surface area contributed by atoms with Gasteiger partial charge in [0, 0.05) is 6.54 Å². The van der Waals surface area contributed by atoms with E-state index in [1.54, 1.807) is 41.2 Å². The predicted molar refractivity (Wildman–Crippen MR) is 86.3 cm³/mol. The van der Waals surface area contributed by atoms with Gasteiger partial charge in [0.05, 0.1) is 17.4 Å². The summed E-state index contributed by atoms with van der Waals surface area (Å²) in [5, 5.41) is 27.6. The first kappa shape index (κ1) is 15.8. The number of hydrogen-bond acceptors (Lipinski definition) is 6. The van der Waals surface area contributed by atoms with Crippen LogP contribution in [0.25, 0.3) is 11.0 Å². The summed E-state index contributed by atoms with van der Waals surface area (Å²) in [5.41, 5.74) is 7.09. The largest absolute Gasteiger partial charge is 0.707 e. The average Bonchev–Trinajstić information content (AvgIpc) is 2.93. The van der Waals surface area contributed by atoms with E-state index in [0.29, 0.717) is 23.3 Å². The molecule has 0 aliphatic rings. The summed E-state index contributed by atoms with van der Waals surface area (Å²) in [4.78, 5) is 15.4. The summed E-state index contributed by atoms with van der Waals surface area (Å²) in [7, 11) is -1.86. The number of fused-ring (bicyclic) bond motifs is 1. The number of nitrogens with two attached hydrogens (primary N) is 1. The number of carbonyl (C=O) groups is 1. The molecular weight excluding hydrogens is 313 g/mol. The molecule has 0 bridgehead atoms. The first-order valence-corrected chi connectivity index (χ1v) is 7.04. The first-order chi connectivity index (χ1) is 11.5. The molecular formula is C15H14BN3O5. The first-order valence-electron chi connectivity index (χ1n) is 7.04. The molecule has 0 fully saturated rings. The van der Waals surface area contributed by atoms with Crippen molar-refractivity contribution in [3.8, 4) is 11.5 Å². The zero-order valence-electron chi connectivity index (χ0n) is 12.5. The molecule has 3 rings (SSSR count). The van der Waals surface area contributed by atoms with Crippen molar-refractivity contribution in [2.75, 3.05) is 0 Å². The van der Waals surface area contributed by atoms with Gasteiger partial charge >= 0.3 is 7.32 Å². The second-order valence-corrected chi connectivity index (χ2v) is 5.15. The zero-order valence-corrected chi connectivity index (χ0v) is 12.5. The SMILES string of the molecule is NC(=O)c1ccc2c(ncn2Cc2ccc(OB(O)O)cc2)c1O. The van der Waals surface area contributed by atoms with Crippen molar-refractivity contribution < 1.29 is 24.6 Å². The lowest BCUT2D eigenvalue weighted by Gasteiger charge is -2.08. The molecule has 0 unspecified atom stereocenters. The topological polar surface area (TPSA) is 131 Å². The summed E-state index contributed by atoms with van der Waals surface area (Å²) in [6.45, 7) is 0.466. The molecule has 0 saturated heterocycles. The Morgan fingerprint density at radius 1 is 1.21 bits per heavy atom. The van der Waals surface area contributed by atoms with Gasteiger partial charge in [0.25, 0.3) is 5.91 Å². The van der Waals surface area contributed by atoms with Crippen LogP contribution in [0.4, 0.5) is 0 Å². The quantitative estimate of drug-likeness (QED) is 0.497. The number of nitrogens with zero attached hydrogens (tertiary/aromatic N) is 2. The van der Waals surface area contributed by atoms with E-state index >= 15 is 0 Å². The lowest BCUT2D eigenvalue weighted by atomic mass is 10.1. The van der Waals surface area contributed by atoms with Crippen molar-refractivity contribution in [1.29, 1.82) is 0 Å². The van der Waals surface area contributed by atoms with Gasteiger partial charge in [0.15, 0.2) is 5.75 Å². The van der Waals surface area contributed by atoms with E-state index < -0.39 is 13.2 Å². The van der Waals surface area contributed by atoms with Crippen molar-refractivity contribution in [2.45, 2.75) is 6.54 Å². The van der Waals surface area contributed by atoms with Gasteiger partial charge in [-0.1, -0.05) is 12.1 Å². The molecule has 0 spiro atoms. The molecule has 0 aliphatic carbocycles. The summed E-state index contributed by atoms with van der Waals surface area (Å²) in [5.74, 6) is -0.627. The summed E-state index contributed by atoms with van der Waals surface area (Å²) in [6.07, 6.45) is 1.55. The number of carbonyl (C=O) groups excluding carboxylic acids is 1. The van der Waals surface area contributed by atoms with Crippen LogP contribution in [0.1, 0.15) is 15.9 Å². The van der Waals surface area contributed by atoms with Crippen molar-refractivity contribution in [1.82, 2.24) is 9.55 Å². The molecule has 5 N–H and O–H groups in total. The normalized spacial score (nSPS) is 10.8. The fourth-order valence-corrected chi connectivity index (χ4v) is 2.43. The van der Waals surface area contributed by atoms with Crippen LogP contribution in [0.5, 0.6) is 11.5 Å². The van der Waals surface area contributed by atoms with Crippen LogP contribution in [0.2, 0.25) is 0 Å². The molecule has 0 saturated carbocycles. The molecule has 1 amide bonds. The van der Waals surface area contributed by atoms with Crippen LogP contribution < -0.4 is 10.4 Å².